The van der Waals surface area contributed by atoms with E-state index < -0.39 is 6.10 Å². The van der Waals surface area contributed by atoms with Gasteiger partial charge in [-0.15, -0.1) is 0 Å². The lowest BCUT2D eigenvalue weighted by Crippen LogP contribution is -2.30. The lowest BCUT2D eigenvalue weighted by molar-refractivity contribution is -0.167. The average molecular weight is 1110 g/mol. The third kappa shape index (κ3) is 64.4. The molecule has 0 radical (unpaired) electrons. The van der Waals surface area contributed by atoms with Crippen LogP contribution in [-0.2, 0) is 28.6 Å². The molecule has 0 spiro atoms. The quantitative estimate of drug-likeness (QED) is 0.0261. The van der Waals surface area contributed by atoms with Gasteiger partial charge in [0.25, 0.3) is 0 Å². The number of unbranched alkanes of at least 4 members (excludes halogenated alkanes) is 26. The normalized spacial score (nSPS) is 13.0. The van der Waals surface area contributed by atoms with Crippen LogP contribution in [0.4, 0.5) is 0 Å². The summed E-state index contributed by atoms with van der Waals surface area (Å²) >= 11 is 0. The predicted octanol–water partition coefficient (Wildman–Crippen LogP) is 22.9. The van der Waals surface area contributed by atoms with Crippen LogP contribution in [0.15, 0.2) is 134 Å². The van der Waals surface area contributed by atoms with E-state index in [1.165, 1.54) is 116 Å². The number of rotatable bonds is 59. The van der Waals surface area contributed by atoms with Crippen LogP contribution >= 0.6 is 0 Å². The Balaban J connectivity index is 4.46. The fourth-order valence-corrected chi connectivity index (χ4v) is 8.96. The smallest absolute Gasteiger partial charge is 0.306 e. The second-order valence-electron chi connectivity index (χ2n) is 21.6. The third-order valence-corrected chi connectivity index (χ3v) is 13.9. The van der Waals surface area contributed by atoms with Gasteiger partial charge < -0.3 is 14.2 Å². The number of esters is 3. The van der Waals surface area contributed by atoms with E-state index in [4.69, 9.17) is 14.2 Å². The van der Waals surface area contributed by atoms with Crippen LogP contribution in [0.1, 0.15) is 297 Å². The highest BCUT2D eigenvalue weighted by atomic mass is 16.6. The topological polar surface area (TPSA) is 78.9 Å². The molecule has 0 heterocycles. The zero-order chi connectivity index (χ0) is 57.8. The van der Waals surface area contributed by atoms with Gasteiger partial charge in [0.1, 0.15) is 13.2 Å². The van der Waals surface area contributed by atoms with E-state index in [0.717, 1.165) is 141 Å². The molecular weight excluding hydrogens is 985 g/mol. The van der Waals surface area contributed by atoms with Crippen molar-refractivity contribution in [3.8, 4) is 0 Å². The Labute approximate surface area is 494 Å². The molecule has 0 aromatic carbocycles. The van der Waals surface area contributed by atoms with Gasteiger partial charge in [-0.2, -0.15) is 0 Å². The van der Waals surface area contributed by atoms with Crippen molar-refractivity contribution in [2.75, 3.05) is 13.2 Å². The minimum Gasteiger partial charge on any atom is -0.462 e. The molecule has 0 saturated heterocycles. The first-order chi connectivity index (χ1) is 39.5. The second kappa shape index (κ2) is 67.1. The molecule has 0 aliphatic heterocycles. The summed E-state index contributed by atoms with van der Waals surface area (Å²) in [5.41, 5.74) is 0. The standard InChI is InChI=1S/C74H122O6/c1-4-7-10-13-16-19-22-25-28-31-33-35-37-39-41-43-46-49-52-55-58-61-64-67-73(76)79-70-71(69-78-72(75)66-63-60-57-54-51-48-45-30-27-24-21-18-15-12-9-6-3)80-74(77)68-65-62-59-56-53-50-47-44-42-40-38-36-34-32-29-26-23-20-17-14-11-8-5-2/h7-8,10-11,16-17,19-20,25-26,28-30,33-36,39,41,45-46,49,71H,4-6,9,12-15,18,21-24,27,31-32,37-38,40,42-44,47-48,50-70H2,1-3H3/b10-7-,11-8-,19-16-,20-17-,28-25-,29-26-,35-33-,36-34-,41-39-,45-30-,49-46-. The zero-order valence-electron chi connectivity index (χ0n) is 52.0. The molecule has 0 N–H and O–H groups in total. The molecule has 0 aliphatic carbocycles. The van der Waals surface area contributed by atoms with Crippen molar-refractivity contribution < 1.29 is 28.6 Å². The predicted molar refractivity (Wildman–Crippen MR) is 348 cm³/mol. The Hall–Kier alpha value is -4.45. The summed E-state index contributed by atoms with van der Waals surface area (Å²) in [7, 11) is 0. The summed E-state index contributed by atoms with van der Waals surface area (Å²) in [5, 5.41) is 0. The van der Waals surface area contributed by atoms with Crippen LogP contribution in [0.2, 0.25) is 0 Å². The first-order valence-corrected chi connectivity index (χ1v) is 33.2. The molecule has 0 aromatic heterocycles. The van der Waals surface area contributed by atoms with Crippen LogP contribution in [-0.4, -0.2) is 37.2 Å². The average Bonchev–Trinajstić information content (AvgIpc) is 3.46. The van der Waals surface area contributed by atoms with E-state index in [9.17, 15) is 14.4 Å². The van der Waals surface area contributed by atoms with Gasteiger partial charge in [-0.25, -0.2) is 0 Å². The number of hydrogen-bond acceptors (Lipinski definition) is 6. The Bertz CT molecular complexity index is 1700. The molecular formula is C74H122O6. The van der Waals surface area contributed by atoms with Crippen molar-refractivity contribution >= 4 is 17.9 Å². The van der Waals surface area contributed by atoms with Gasteiger partial charge >= 0.3 is 17.9 Å². The Kier molecular flexibility index (Phi) is 63.3. The lowest BCUT2D eigenvalue weighted by atomic mass is 10.0. The molecule has 6 nitrogen and oxygen atoms in total. The molecule has 6 heteroatoms. The van der Waals surface area contributed by atoms with E-state index in [2.05, 4.69) is 154 Å². The molecule has 0 saturated carbocycles. The second-order valence-corrected chi connectivity index (χ2v) is 21.6. The minimum atomic E-state index is -0.801. The molecule has 0 bridgehead atoms. The van der Waals surface area contributed by atoms with Gasteiger partial charge in [-0.05, 0) is 135 Å². The first kappa shape index (κ1) is 75.5. The van der Waals surface area contributed by atoms with Gasteiger partial charge in [-0.1, -0.05) is 276 Å². The molecule has 0 aromatic rings. The number of hydrogen-bond donors (Lipinski definition) is 0. The van der Waals surface area contributed by atoms with Gasteiger partial charge in [0.15, 0.2) is 6.10 Å². The van der Waals surface area contributed by atoms with Gasteiger partial charge in [-0.3, -0.25) is 14.4 Å². The summed E-state index contributed by atoms with van der Waals surface area (Å²) in [6.45, 7) is 6.40. The van der Waals surface area contributed by atoms with Crippen molar-refractivity contribution in [2.45, 2.75) is 303 Å². The number of carbonyl (C=O) groups excluding carboxylic acids is 3. The maximum Gasteiger partial charge on any atom is 0.306 e. The van der Waals surface area contributed by atoms with Crippen molar-refractivity contribution in [3.63, 3.8) is 0 Å². The molecule has 0 rings (SSSR count). The summed E-state index contributed by atoms with van der Waals surface area (Å²) in [6, 6.07) is 0. The summed E-state index contributed by atoms with van der Waals surface area (Å²) in [5.74, 6) is -0.928. The monoisotopic (exact) mass is 1110 g/mol. The van der Waals surface area contributed by atoms with E-state index in [1.807, 2.05) is 0 Å². The Morgan fingerprint density at radius 3 is 0.775 bits per heavy atom. The number of allylic oxidation sites excluding steroid dienone is 22. The SMILES string of the molecule is CC/C=C\C/C=C\C/C=C\C/C=C\C/C=C\C/C=C\CCCCCCC(=O)OCC(COC(=O)CCCCCCC/C=C\CCCCCCCCC)OC(=O)CCCCCCCCCCCC/C=C\C/C=C\C/C=C\C/C=C\CC. The molecule has 0 amide bonds. The van der Waals surface area contributed by atoms with Crippen LogP contribution in [0.3, 0.4) is 0 Å². The Morgan fingerprint density at radius 2 is 0.487 bits per heavy atom. The molecule has 1 unspecified atom stereocenters. The van der Waals surface area contributed by atoms with Crippen molar-refractivity contribution in [1.82, 2.24) is 0 Å². The third-order valence-electron chi connectivity index (χ3n) is 13.9. The first-order valence-electron chi connectivity index (χ1n) is 33.2. The van der Waals surface area contributed by atoms with Crippen molar-refractivity contribution in [2.24, 2.45) is 0 Å². The van der Waals surface area contributed by atoms with Gasteiger partial charge in [0, 0.05) is 19.3 Å². The fraction of sp³-hybridized carbons (Fsp3) is 0.662. The van der Waals surface area contributed by atoms with Crippen LogP contribution < -0.4 is 0 Å². The minimum absolute atomic E-state index is 0.0952. The lowest BCUT2D eigenvalue weighted by Gasteiger charge is -2.18. The largest absolute Gasteiger partial charge is 0.462 e. The maximum absolute atomic E-state index is 12.9. The van der Waals surface area contributed by atoms with Crippen LogP contribution in [0, 0.1) is 0 Å². The zero-order valence-corrected chi connectivity index (χ0v) is 52.0. The molecule has 80 heavy (non-hydrogen) atoms. The Morgan fingerprint density at radius 1 is 0.263 bits per heavy atom. The maximum atomic E-state index is 12.9. The van der Waals surface area contributed by atoms with Crippen molar-refractivity contribution in [1.29, 1.82) is 0 Å². The van der Waals surface area contributed by atoms with Crippen LogP contribution in [0.5, 0.6) is 0 Å². The van der Waals surface area contributed by atoms with Crippen LogP contribution in [0.25, 0.3) is 0 Å². The molecule has 454 valence electrons. The molecule has 1 atom stereocenters. The summed E-state index contributed by atoms with van der Waals surface area (Å²) < 4.78 is 16.9. The van der Waals surface area contributed by atoms with E-state index in [0.29, 0.717) is 19.3 Å². The molecule has 0 aliphatic rings. The highest BCUT2D eigenvalue weighted by Crippen LogP contribution is 2.15. The highest BCUT2D eigenvalue weighted by molar-refractivity contribution is 5.71. The summed E-state index contributed by atoms with van der Waals surface area (Å²) in [6.07, 6.45) is 94.5. The van der Waals surface area contributed by atoms with Gasteiger partial charge in [0.2, 0.25) is 0 Å². The highest BCUT2D eigenvalue weighted by Gasteiger charge is 2.19. The number of carbonyl (C=O) groups is 3. The van der Waals surface area contributed by atoms with E-state index in [-0.39, 0.29) is 31.1 Å². The summed E-state index contributed by atoms with van der Waals surface area (Å²) in [4.78, 5) is 38.4. The fourth-order valence-electron chi connectivity index (χ4n) is 8.96. The van der Waals surface area contributed by atoms with Crippen molar-refractivity contribution in [3.05, 3.63) is 134 Å². The number of ether oxygens (including phenoxy) is 3. The van der Waals surface area contributed by atoms with E-state index >= 15 is 0 Å². The van der Waals surface area contributed by atoms with E-state index in [1.54, 1.807) is 0 Å². The molecule has 0 fully saturated rings. The van der Waals surface area contributed by atoms with Gasteiger partial charge in [0.05, 0.1) is 0 Å².